The molecule has 1 saturated heterocycles. The maximum Gasteiger partial charge on any atom is 0.409 e. The topological polar surface area (TPSA) is 92.7 Å². The largest absolute Gasteiger partial charge is 0.450 e. The van der Waals surface area contributed by atoms with Crippen LogP contribution >= 0.6 is 11.3 Å². The second kappa shape index (κ2) is 6.02. The summed E-state index contributed by atoms with van der Waals surface area (Å²) < 4.78 is 30.8. The molecule has 10 heteroatoms. The van der Waals surface area contributed by atoms with E-state index in [1.54, 1.807) is 13.8 Å². The highest BCUT2D eigenvalue weighted by atomic mass is 32.2. The van der Waals surface area contributed by atoms with Crippen LogP contribution in [-0.4, -0.2) is 66.7 Å². The lowest BCUT2D eigenvalue weighted by Crippen LogP contribution is -2.50. The summed E-state index contributed by atoms with van der Waals surface area (Å²) in [7, 11) is -3.60. The average molecular weight is 320 g/mol. The number of piperazine rings is 1. The molecule has 1 aromatic heterocycles. The molecule has 0 atom stereocenters. The number of aromatic nitrogens is 2. The number of amides is 1. The monoisotopic (exact) mass is 320 g/mol. The summed E-state index contributed by atoms with van der Waals surface area (Å²) in [6.07, 6.45) is -0.406. The fourth-order valence-corrected chi connectivity index (χ4v) is 4.34. The van der Waals surface area contributed by atoms with Crippen LogP contribution in [0.5, 0.6) is 0 Å². The summed E-state index contributed by atoms with van der Waals surface area (Å²) in [5.41, 5.74) is 0. The van der Waals surface area contributed by atoms with E-state index in [1.165, 1.54) is 9.21 Å². The van der Waals surface area contributed by atoms with Gasteiger partial charge in [-0.1, -0.05) is 11.3 Å². The van der Waals surface area contributed by atoms with Gasteiger partial charge in [-0.15, -0.1) is 10.2 Å². The number of carbonyl (C=O) groups is 1. The van der Waals surface area contributed by atoms with Gasteiger partial charge in [0.1, 0.15) is 5.01 Å². The molecule has 8 nitrogen and oxygen atoms in total. The average Bonchev–Trinajstić information content (AvgIpc) is 2.86. The number of hydrogen-bond donors (Lipinski definition) is 0. The van der Waals surface area contributed by atoms with E-state index in [9.17, 15) is 13.2 Å². The fraction of sp³-hybridized carbons (Fsp3) is 0.700. The van der Waals surface area contributed by atoms with Crippen LogP contribution in [0.25, 0.3) is 0 Å². The van der Waals surface area contributed by atoms with E-state index in [2.05, 4.69) is 10.2 Å². The number of sulfonamides is 1. The first-order chi connectivity index (χ1) is 9.45. The summed E-state index contributed by atoms with van der Waals surface area (Å²) in [5, 5.41) is 8.01. The van der Waals surface area contributed by atoms with Crippen molar-refractivity contribution in [3.63, 3.8) is 0 Å². The van der Waals surface area contributed by atoms with Crippen LogP contribution in [0.15, 0.2) is 4.34 Å². The number of rotatable bonds is 3. The molecule has 0 radical (unpaired) electrons. The van der Waals surface area contributed by atoms with Crippen molar-refractivity contribution >= 4 is 27.5 Å². The highest BCUT2D eigenvalue weighted by Crippen LogP contribution is 2.20. The van der Waals surface area contributed by atoms with E-state index in [4.69, 9.17) is 4.74 Å². The van der Waals surface area contributed by atoms with Crippen molar-refractivity contribution in [2.24, 2.45) is 0 Å². The fourth-order valence-electron chi connectivity index (χ4n) is 1.82. The first kappa shape index (κ1) is 15.1. The molecule has 0 bridgehead atoms. The van der Waals surface area contributed by atoms with Crippen molar-refractivity contribution in [3.8, 4) is 0 Å². The van der Waals surface area contributed by atoms with Crippen LogP contribution in [0.1, 0.15) is 11.9 Å². The smallest absolute Gasteiger partial charge is 0.409 e. The summed E-state index contributed by atoms with van der Waals surface area (Å²) >= 11 is 1.05. The normalized spacial score (nSPS) is 17.2. The van der Waals surface area contributed by atoms with E-state index in [0.717, 1.165) is 11.3 Å². The van der Waals surface area contributed by atoms with Crippen molar-refractivity contribution in [3.05, 3.63) is 5.01 Å². The Morgan fingerprint density at radius 2 is 1.95 bits per heavy atom. The highest BCUT2D eigenvalue weighted by molar-refractivity contribution is 7.91. The Bertz CT molecular complexity index is 578. The minimum absolute atomic E-state index is 0.000385. The van der Waals surface area contributed by atoms with Crippen LogP contribution in [0.4, 0.5) is 4.79 Å². The molecule has 112 valence electrons. The van der Waals surface area contributed by atoms with Crippen molar-refractivity contribution in [1.82, 2.24) is 19.4 Å². The molecular weight excluding hydrogens is 304 g/mol. The standard InChI is InChI=1S/C10H16N4O4S2/c1-3-18-10(15)13-4-6-14(7-5-13)20(16,17)9-12-11-8(2)19-9/h3-7H2,1-2H3. The van der Waals surface area contributed by atoms with Crippen molar-refractivity contribution in [1.29, 1.82) is 0 Å². The summed E-state index contributed by atoms with van der Waals surface area (Å²) in [6.45, 7) is 4.85. The Morgan fingerprint density at radius 1 is 1.30 bits per heavy atom. The minimum Gasteiger partial charge on any atom is -0.450 e. The van der Waals surface area contributed by atoms with Gasteiger partial charge < -0.3 is 9.64 Å². The number of hydrogen-bond acceptors (Lipinski definition) is 7. The molecule has 1 fully saturated rings. The zero-order valence-electron chi connectivity index (χ0n) is 11.3. The predicted octanol–water partition coefficient (Wildman–Crippen LogP) is 0.309. The molecule has 0 saturated carbocycles. The van der Waals surface area contributed by atoms with Gasteiger partial charge >= 0.3 is 6.09 Å². The first-order valence-corrected chi connectivity index (χ1v) is 8.42. The molecule has 0 aromatic carbocycles. The molecule has 20 heavy (non-hydrogen) atoms. The lowest BCUT2D eigenvalue weighted by atomic mass is 10.4. The van der Waals surface area contributed by atoms with Crippen LogP contribution < -0.4 is 0 Å². The molecule has 0 aliphatic carbocycles. The van der Waals surface area contributed by atoms with E-state index < -0.39 is 16.1 Å². The van der Waals surface area contributed by atoms with E-state index in [-0.39, 0.29) is 17.4 Å². The Morgan fingerprint density at radius 3 is 2.45 bits per heavy atom. The highest BCUT2D eigenvalue weighted by Gasteiger charge is 2.32. The number of nitrogens with zero attached hydrogens (tertiary/aromatic N) is 4. The molecule has 2 rings (SSSR count). The van der Waals surface area contributed by atoms with Gasteiger partial charge in [0.2, 0.25) is 4.34 Å². The van der Waals surface area contributed by atoms with Gasteiger partial charge in [0.15, 0.2) is 0 Å². The maximum atomic E-state index is 12.3. The second-order valence-electron chi connectivity index (χ2n) is 4.18. The lowest BCUT2D eigenvalue weighted by Gasteiger charge is -2.32. The quantitative estimate of drug-likeness (QED) is 0.796. The van der Waals surface area contributed by atoms with Gasteiger partial charge in [0, 0.05) is 26.2 Å². The van der Waals surface area contributed by atoms with E-state index >= 15 is 0 Å². The molecule has 2 heterocycles. The lowest BCUT2D eigenvalue weighted by molar-refractivity contribution is 0.0934. The molecule has 1 amide bonds. The number of aryl methyl sites for hydroxylation is 1. The van der Waals surface area contributed by atoms with Gasteiger partial charge in [-0.25, -0.2) is 13.2 Å². The third-order valence-electron chi connectivity index (χ3n) is 2.83. The maximum absolute atomic E-state index is 12.3. The minimum atomic E-state index is -3.60. The van der Waals surface area contributed by atoms with Crippen molar-refractivity contribution in [2.75, 3.05) is 32.8 Å². The van der Waals surface area contributed by atoms with Crippen LogP contribution in [0.2, 0.25) is 0 Å². The summed E-state index contributed by atoms with van der Waals surface area (Å²) in [6, 6.07) is 0. The van der Waals surface area contributed by atoms with E-state index in [0.29, 0.717) is 24.7 Å². The van der Waals surface area contributed by atoms with Gasteiger partial charge in [0.25, 0.3) is 10.0 Å². The zero-order valence-corrected chi connectivity index (χ0v) is 12.9. The van der Waals surface area contributed by atoms with Crippen LogP contribution in [-0.2, 0) is 14.8 Å². The van der Waals surface area contributed by atoms with Gasteiger partial charge in [-0.3, -0.25) is 0 Å². The second-order valence-corrected chi connectivity index (χ2v) is 7.47. The molecule has 0 unspecified atom stereocenters. The Labute approximate surface area is 121 Å². The molecule has 0 spiro atoms. The summed E-state index contributed by atoms with van der Waals surface area (Å²) in [4.78, 5) is 13.0. The zero-order chi connectivity index (χ0) is 14.8. The Kier molecular flexibility index (Phi) is 4.55. The van der Waals surface area contributed by atoms with E-state index in [1.807, 2.05) is 0 Å². The molecule has 1 aromatic rings. The SMILES string of the molecule is CCOC(=O)N1CCN(S(=O)(=O)c2nnc(C)s2)CC1. The Hall–Kier alpha value is -1.26. The summed E-state index contributed by atoms with van der Waals surface area (Å²) in [5.74, 6) is 0. The van der Waals surface area contributed by atoms with Crippen molar-refractivity contribution in [2.45, 2.75) is 18.2 Å². The first-order valence-electron chi connectivity index (χ1n) is 6.17. The molecular formula is C10H16N4O4S2. The van der Waals surface area contributed by atoms with Gasteiger partial charge in [-0.2, -0.15) is 4.31 Å². The molecule has 1 aliphatic heterocycles. The third kappa shape index (κ3) is 3.07. The van der Waals surface area contributed by atoms with Crippen LogP contribution in [0, 0.1) is 6.92 Å². The molecule has 0 N–H and O–H groups in total. The number of carbonyl (C=O) groups excluding carboxylic acids is 1. The predicted molar refractivity (Wildman–Crippen MR) is 72.0 cm³/mol. The van der Waals surface area contributed by atoms with Gasteiger partial charge in [0.05, 0.1) is 6.61 Å². The van der Waals surface area contributed by atoms with Gasteiger partial charge in [-0.05, 0) is 13.8 Å². The van der Waals surface area contributed by atoms with Crippen molar-refractivity contribution < 1.29 is 17.9 Å². The molecule has 1 aliphatic rings. The Balaban J connectivity index is 2.02. The third-order valence-corrected chi connectivity index (χ3v) is 5.92. The number of ether oxygens (including phenoxy) is 1. The van der Waals surface area contributed by atoms with Crippen LogP contribution in [0.3, 0.4) is 0 Å².